The molecule has 4 rings (SSSR count). The normalized spacial score (nSPS) is 11.8. The summed E-state index contributed by atoms with van der Waals surface area (Å²) in [5.74, 6) is -0.266. The zero-order valence-corrected chi connectivity index (χ0v) is 22.6. The van der Waals surface area contributed by atoms with Crippen molar-refractivity contribution in [3.05, 3.63) is 83.2 Å². The highest BCUT2D eigenvalue weighted by molar-refractivity contribution is 7.89. The number of benzene rings is 2. The Kier molecular flexibility index (Phi) is 7.82. The van der Waals surface area contributed by atoms with Crippen LogP contribution in [0.15, 0.2) is 65.7 Å². The molecule has 7 nitrogen and oxygen atoms in total. The molecule has 0 atom stereocenters. The van der Waals surface area contributed by atoms with Gasteiger partial charge >= 0.3 is 0 Å². The summed E-state index contributed by atoms with van der Waals surface area (Å²) in [6, 6.07) is 15.8. The van der Waals surface area contributed by atoms with Crippen LogP contribution in [0, 0.1) is 13.8 Å². The van der Waals surface area contributed by atoms with E-state index in [1.165, 1.54) is 27.8 Å². The number of hydrogen-bond acceptors (Lipinski definition) is 6. The van der Waals surface area contributed by atoms with Gasteiger partial charge in [0.25, 0.3) is 5.91 Å². The van der Waals surface area contributed by atoms with Gasteiger partial charge in [0.2, 0.25) is 10.0 Å². The molecular weight excluding hydrogens is 492 g/mol. The van der Waals surface area contributed by atoms with Crippen LogP contribution in [0.25, 0.3) is 10.2 Å². The number of hydrogen-bond donors (Lipinski definition) is 0. The van der Waals surface area contributed by atoms with Gasteiger partial charge in [0.05, 0.1) is 27.4 Å². The lowest BCUT2D eigenvalue weighted by Gasteiger charge is -2.20. The van der Waals surface area contributed by atoms with Crippen LogP contribution >= 0.6 is 11.3 Å². The second kappa shape index (κ2) is 10.9. The van der Waals surface area contributed by atoms with Crippen LogP contribution in [0.4, 0.5) is 5.13 Å². The van der Waals surface area contributed by atoms with Crippen molar-refractivity contribution >= 4 is 42.6 Å². The molecule has 0 bridgehead atoms. The fourth-order valence-corrected chi connectivity index (χ4v) is 6.19. The molecule has 0 radical (unpaired) electrons. The molecule has 0 saturated heterocycles. The summed E-state index contributed by atoms with van der Waals surface area (Å²) in [6.07, 6.45) is 3.39. The van der Waals surface area contributed by atoms with E-state index in [0.717, 1.165) is 39.9 Å². The predicted octanol–water partition coefficient (Wildman–Crippen LogP) is 5.58. The molecule has 0 aliphatic rings. The van der Waals surface area contributed by atoms with Gasteiger partial charge in [0.15, 0.2) is 5.13 Å². The average Bonchev–Trinajstić information content (AvgIpc) is 3.30. The minimum atomic E-state index is -3.61. The molecule has 0 aliphatic carbocycles. The molecule has 2 aromatic heterocycles. The third kappa shape index (κ3) is 5.48. The Balaban J connectivity index is 1.68. The van der Waals surface area contributed by atoms with Crippen molar-refractivity contribution < 1.29 is 13.2 Å². The maximum absolute atomic E-state index is 13.7. The maximum Gasteiger partial charge on any atom is 0.260 e. The van der Waals surface area contributed by atoms with Gasteiger partial charge < -0.3 is 0 Å². The first kappa shape index (κ1) is 25.9. The lowest BCUT2D eigenvalue weighted by molar-refractivity contribution is 0.0984. The number of anilines is 1. The number of thiazole rings is 1. The Labute approximate surface area is 216 Å². The predicted molar refractivity (Wildman–Crippen MR) is 145 cm³/mol. The van der Waals surface area contributed by atoms with Gasteiger partial charge in [-0.15, -0.1) is 0 Å². The molecule has 0 saturated carbocycles. The molecule has 0 aliphatic heterocycles. The van der Waals surface area contributed by atoms with Crippen molar-refractivity contribution in [2.75, 3.05) is 18.5 Å². The number of carbonyl (C=O) groups is 1. The second-order valence-corrected chi connectivity index (χ2v) is 11.9. The Morgan fingerprint density at radius 1 is 1.06 bits per heavy atom. The number of fused-ring (bicyclic) bond motifs is 1. The molecular formula is C27H30N4O3S2. The fraction of sp³-hybridized carbons (Fsp3) is 0.296. The Hall–Kier alpha value is -3.14. The summed E-state index contributed by atoms with van der Waals surface area (Å²) < 4.78 is 28.2. The van der Waals surface area contributed by atoms with Gasteiger partial charge in [-0.25, -0.2) is 17.7 Å². The number of sulfonamides is 1. The quantitative estimate of drug-likeness (QED) is 0.287. The van der Waals surface area contributed by atoms with Gasteiger partial charge in [-0.3, -0.25) is 14.7 Å². The molecule has 0 unspecified atom stereocenters. The third-order valence-corrected chi connectivity index (χ3v) is 9.07. The van der Waals surface area contributed by atoms with Crippen LogP contribution in [0.2, 0.25) is 0 Å². The molecule has 188 valence electrons. The largest absolute Gasteiger partial charge is 0.278 e. The lowest BCUT2D eigenvalue weighted by atomic mass is 10.1. The van der Waals surface area contributed by atoms with Crippen molar-refractivity contribution in [1.29, 1.82) is 0 Å². The summed E-state index contributed by atoms with van der Waals surface area (Å²) in [6.45, 7) is 6.78. The number of nitrogens with zero attached hydrogens (tertiary/aromatic N) is 4. The van der Waals surface area contributed by atoms with Crippen LogP contribution in [0.5, 0.6) is 0 Å². The Bertz CT molecular complexity index is 1470. The topological polar surface area (TPSA) is 83.5 Å². The first-order valence-electron chi connectivity index (χ1n) is 11.9. The molecule has 0 spiro atoms. The van der Waals surface area contributed by atoms with Crippen LogP contribution in [0.3, 0.4) is 0 Å². The average molecular weight is 523 g/mol. The zero-order chi connectivity index (χ0) is 25.9. The minimum absolute atomic E-state index is 0.167. The summed E-state index contributed by atoms with van der Waals surface area (Å²) in [5, 5.41) is 0.574. The standard InChI is InChI=1S/C27H30N4O3S2/c1-5-6-15-30(4)36(33,34)23-12-10-21(11-13-23)26(32)31(18-22-9-7-8-14-28-22)27-29-24-17-19(2)16-20(3)25(24)35-27/h7-14,16-17H,5-6,15,18H2,1-4H3. The molecule has 36 heavy (non-hydrogen) atoms. The summed E-state index contributed by atoms with van der Waals surface area (Å²) >= 11 is 1.47. The molecule has 0 N–H and O–H groups in total. The molecule has 2 aromatic carbocycles. The number of aromatic nitrogens is 2. The number of aryl methyl sites for hydroxylation is 2. The third-order valence-electron chi connectivity index (χ3n) is 5.97. The van der Waals surface area contributed by atoms with Crippen molar-refractivity contribution in [2.45, 2.75) is 45.1 Å². The fourth-order valence-electron chi connectivity index (χ4n) is 3.97. The smallest absolute Gasteiger partial charge is 0.260 e. The van der Waals surface area contributed by atoms with Crippen LogP contribution in [0.1, 0.15) is 46.9 Å². The van der Waals surface area contributed by atoms with Crippen LogP contribution in [-0.2, 0) is 16.6 Å². The second-order valence-electron chi connectivity index (χ2n) is 8.84. The molecule has 1 amide bonds. The number of rotatable bonds is 9. The van der Waals surface area contributed by atoms with E-state index < -0.39 is 10.0 Å². The van der Waals surface area contributed by atoms with E-state index in [-0.39, 0.29) is 17.3 Å². The maximum atomic E-state index is 13.7. The molecule has 4 aromatic rings. The number of unbranched alkanes of at least 4 members (excludes halogenated alkanes) is 1. The lowest BCUT2D eigenvalue weighted by Crippen LogP contribution is -2.31. The number of amides is 1. The highest BCUT2D eigenvalue weighted by Gasteiger charge is 2.25. The number of carbonyl (C=O) groups excluding carboxylic acids is 1. The zero-order valence-electron chi connectivity index (χ0n) is 20.9. The first-order valence-corrected chi connectivity index (χ1v) is 14.1. The van der Waals surface area contributed by atoms with E-state index in [4.69, 9.17) is 4.98 Å². The van der Waals surface area contributed by atoms with Gasteiger partial charge in [-0.2, -0.15) is 0 Å². The van der Waals surface area contributed by atoms with Gasteiger partial charge in [0.1, 0.15) is 0 Å². The van der Waals surface area contributed by atoms with Gasteiger partial charge in [-0.05, 0) is 73.9 Å². The highest BCUT2D eigenvalue weighted by atomic mass is 32.2. The molecule has 9 heteroatoms. The Morgan fingerprint density at radius 2 is 1.81 bits per heavy atom. The van der Waals surface area contributed by atoms with Crippen LogP contribution in [-0.4, -0.2) is 42.2 Å². The van der Waals surface area contributed by atoms with Crippen molar-refractivity contribution in [2.24, 2.45) is 0 Å². The van der Waals surface area contributed by atoms with Crippen molar-refractivity contribution in [1.82, 2.24) is 14.3 Å². The monoisotopic (exact) mass is 522 g/mol. The van der Waals surface area contributed by atoms with E-state index in [0.29, 0.717) is 17.2 Å². The van der Waals surface area contributed by atoms with Crippen molar-refractivity contribution in [3.63, 3.8) is 0 Å². The van der Waals surface area contributed by atoms with Crippen molar-refractivity contribution in [3.8, 4) is 0 Å². The van der Waals surface area contributed by atoms with E-state index >= 15 is 0 Å². The highest BCUT2D eigenvalue weighted by Crippen LogP contribution is 2.33. The minimum Gasteiger partial charge on any atom is -0.278 e. The Morgan fingerprint density at radius 3 is 2.47 bits per heavy atom. The van der Waals surface area contributed by atoms with E-state index in [1.54, 1.807) is 30.3 Å². The van der Waals surface area contributed by atoms with E-state index in [9.17, 15) is 13.2 Å². The summed E-state index contributed by atoms with van der Waals surface area (Å²) in [5.41, 5.74) is 4.19. The number of pyridine rings is 1. The van der Waals surface area contributed by atoms with Gasteiger partial charge in [0, 0.05) is 25.4 Å². The SMILES string of the molecule is CCCCN(C)S(=O)(=O)c1ccc(C(=O)N(Cc2ccccn2)c2nc3cc(C)cc(C)c3s2)cc1. The van der Waals surface area contributed by atoms with E-state index in [1.807, 2.05) is 45.0 Å². The van der Waals surface area contributed by atoms with E-state index in [2.05, 4.69) is 11.1 Å². The summed E-state index contributed by atoms with van der Waals surface area (Å²) in [7, 11) is -2.03. The van der Waals surface area contributed by atoms with Crippen LogP contribution < -0.4 is 4.90 Å². The first-order chi connectivity index (χ1) is 17.2. The summed E-state index contributed by atoms with van der Waals surface area (Å²) in [4.78, 5) is 24.7. The molecule has 0 fully saturated rings. The van der Waals surface area contributed by atoms with Gasteiger partial charge in [-0.1, -0.05) is 36.8 Å². The molecule has 2 heterocycles.